The van der Waals surface area contributed by atoms with E-state index < -0.39 is 5.56 Å². The van der Waals surface area contributed by atoms with Gasteiger partial charge in [-0.25, -0.2) is 19.9 Å². The van der Waals surface area contributed by atoms with Crippen molar-refractivity contribution in [2.75, 3.05) is 5.32 Å². The lowest BCUT2D eigenvalue weighted by Crippen LogP contribution is -2.11. The molecule has 0 amide bonds. The summed E-state index contributed by atoms with van der Waals surface area (Å²) in [7, 11) is 0. The molecular formula is C22H14N8O. The Kier molecular flexibility index (Phi) is 3.72. The molecule has 0 fully saturated rings. The molecule has 1 N–H and O–H groups in total. The average Bonchev–Trinajstić information content (AvgIpc) is 3.40. The summed E-state index contributed by atoms with van der Waals surface area (Å²) < 4.78 is 3.53. The van der Waals surface area contributed by atoms with E-state index in [1.54, 1.807) is 28.9 Å². The highest BCUT2D eigenvalue weighted by Gasteiger charge is 2.15. The van der Waals surface area contributed by atoms with Gasteiger partial charge in [0.25, 0.3) is 5.56 Å². The summed E-state index contributed by atoms with van der Waals surface area (Å²) in [5.74, 6) is 0.908. The Hall–Kier alpha value is -4.66. The molecule has 9 heteroatoms. The summed E-state index contributed by atoms with van der Waals surface area (Å²) in [6, 6.07) is 16.6. The van der Waals surface area contributed by atoms with Gasteiger partial charge in [0.15, 0.2) is 11.5 Å². The molecule has 0 aliphatic heterocycles. The molecule has 0 aliphatic rings. The molecule has 0 radical (unpaired) electrons. The van der Waals surface area contributed by atoms with E-state index in [2.05, 4.69) is 25.4 Å². The second-order valence-electron chi connectivity index (χ2n) is 6.91. The SMILES string of the molecule is O=c1nccccc1Nc1nc2ccccc2c2nc(-c3ccn4ccnc4c3)nn12. The van der Waals surface area contributed by atoms with E-state index in [1.165, 1.54) is 6.20 Å². The van der Waals surface area contributed by atoms with Gasteiger partial charge in [-0.3, -0.25) is 4.79 Å². The van der Waals surface area contributed by atoms with E-state index in [-0.39, 0.29) is 0 Å². The molecule has 0 saturated heterocycles. The van der Waals surface area contributed by atoms with Crippen LogP contribution in [0.1, 0.15) is 0 Å². The molecule has 31 heavy (non-hydrogen) atoms. The summed E-state index contributed by atoms with van der Waals surface area (Å²) >= 11 is 0. The molecule has 0 atom stereocenters. The number of hydrogen-bond acceptors (Lipinski definition) is 7. The third kappa shape index (κ3) is 2.87. The first-order valence-electron chi connectivity index (χ1n) is 9.57. The van der Waals surface area contributed by atoms with Gasteiger partial charge in [0.05, 0.1) is 5.52 Å². The number of imidazole rings is 1. The molecule has 1 aromatic carbocycles. The van der Waals surface area contributed by atoms with Crippen molar-refractivity contribution in [3.8, 4) is 11.4 Å². The second-order valence-corrected chi connectivity index (χ2v) is 6.91. The van der Waals surface area contributed by atoms with Gasteiger partial charge >= 0.3 is 0 Å². The van der Waals surface area contributed by atoms with Gasteiger partial charge in [0.1, 0.15) is 11.3 Å². The first-order chi connectivity index (χ1) is 15.3. The highest BCUT2D eigenvalue weighted by atomic mass is 16.1. The number of nitrogens with one attached hydrogen (secondary N) is 1. The second kappa shape index (κ2) is 6.70. The monoisotopic (exact) mass is 406 g/mol. The summed E-state index contributed by atoms with van der Waals surface area (Å²) in [6.07, 6.45) is 6.99. The van der Waals surface area contributed by atoms with Crippen LogP contribution in [0.5, 0.6) is 0 Å². The van der Waals surface area contributed by atoms with Crippen molar-refractivity contribution in [2.45, 2.75) is 0 Å². The van der Waals surface area contributed by atoms with Crippen LogP contribution in [0.15, 0.2) is 84.2 Å². The molecular weight excluding hydrogens is 392 g/mol. The first-order valence-corrected chi connectivity index (χ1v) is 9.57. The van der Waals surface area contributed by atoms with Gasteiger partial charge in [0, 0.05) is 35.7 Å². The van der Waals surface area contributed by atoms with E-state index in [4.69, 9.17) is 4.98 Å². The number of rotatable bonds is 3. The maximum Gasteiger partial charge on any atom is 0.293 e. The molecule has 6 aromatic rings. The lowest BCUT2D eigenvalue weighted by atomic mass is 10.2. The van der Waals surface area contributed by atoms with Crippen molar-refractivity contribution in [3.05, 3.63) is 89.7 Å². The number of para-hydroxylation sites is 1. The molecule has 9 nitrogen and oxygen atoms in total. The zero-order chi connectivity index (χ0) is 20.8. The Labute approximate surface area is 174 Å². The van der Waals surface area contributed by atoms with Crippen molar-refractivity contribution in [1.82, 2.24) is 34.0 Å². The van der Waals surface area contributed by atoms with Crippen molar-refractivity contribution < 1.29 is 0 Å². The maximum absolute atomic E-state index is 12.3. The molecule has 0 spiro atoms. The summed E-state index contributed by atoms with van der Waals surface area (Å²) in [5.41, 5.74) is 2.90. The lowest BCUT2D eigenvalue weighted by Gasteiger charge is -2.07. The van der Waals surface area contributed by atoms with E-state index >= 15 is 0 Å². The van der Waals surface area contributed by atoms with Crippen molar-refractivity contribution in [1.29, 1.82) is 0 Å². The topological polar surface area (TPSA) is 102 Å². The van der Waals surface area contributed by atoms with Crippen LogP contribution in [0.2, 0.25) is 0 Å². The standard InChI is InChI=1S/C22H14N8O/c31-21-17(7-3-4-9-24-21)26-22-25-16-6-2-1-5-15(16)20-27-19(28-30(20)22)14-8-11-29-12-10-23-18(29)13-14/h1-13H,(H,24,25,26,31). The number of pyridine rings is 1. The van der Waals surface area contributed by atoms with E-state index in [0.29, 0.717) is 23.1 Å². The van der Waals surface area contributed by atoms with Crippen molar-refractivity contribution in [3.63, 3.8) is 0 Å². The number of anilines is 2. The van der Waals surface area contributed by atoms with Crippen molar-refractivity contribution in [2.24, 2.45) is 0 Å². The molecule has 0 unspecified atom stereocenters. The fourth-order valence-electron chi connectivity index (χ4n) is 3.48. The van der Waals surface area contributed by atoms with Gasteiger partial charge in [-0.2, -0.15) is 4.52 Å². The van der Waals surface area contributed by atoms with Crippen LogP contribution in [0, 0.1) is 0 Å². The van der Waals surface area contributed by atoms with Crippen LogP contribution in [0.25, 0.3) is 33.6 Å². The lowest BCUT2D eigenvalue weighted by molar-refractivity contribution is 0.947. The normalized spacial score (nSPS) is 11.4. The van der Waals surface area contributed by atoms with Gasteiger partial charge in [-0.15, -0.1) is 5.10 Å². The highest BCUT2D eigenvalue weighted by molar-refractivity contribution is 5.93. The largest absolute Gasteiger partial charge is 0.319 e. The Morgan fingerprint density at radius 3 is 2.74 bits per heavy atom. The number of fused-ring (bicyclic) bond motifs is 4. The molecule has 148 valence electrons. The number of hydrogen-bond donors (Lipinski definition) is 1. The van der Waals surface area contributed by atoms with Crippen LogP contribution in [0.4, 0.5) is 11.6 Å². The van der Waals surface area contributed by atoms with Gasteiger partial charge < -0.3 is 9.72 Å². The third-order valence-electron chi connectivity index (χ3n) is 4.96. The predicted molar refractivity (Wildman–Crippen MR) is 116 cm³/mol. The Balaban J connectivity index is 1.59. The number of aromatic nitrogens is 7. The minimum Gasteiger partial charge on any atom is -0.319 e. The molecule has 5 aromatic heterocycles. The van der Waals surface area contributed by atoms with Crippen molar-refractivity contribution >= 4 is 33.8 Å². The van der Waals surface area contributed by atoms with Gasteiger partial charge in [-0.1, -0.05) is 18.2 Å². The van der Waals surface area contributed by atoms with Crippen LogP contribution in [-0.2, 0) is 0 Å². The van der Waals surface area contributed by atoms with E-state index in [9.17, 15) is 4.79 Å². The minimum atomic E-state index is -0.391. The van der Waals surface area contributed by atoms with Crippen LogP contribution < -0.4 is 10.9 Å². The Bertz CT molecular complexity index is 1650. The van der Waals surface area contributed by atoms with Crippen LogP contribution in [-0.4, -0.2) is 34.0 Å². The maximum atomic E-state index is 12.3. The molecule has 5 heterocycles. The molecule has 6 rings (SSSR count). The molecule has 0 bridgehead atoms. The quantitative estimate of drug-likeness (QED) is 0.482. The fraction of sp³-hybridized carbons (Fsp3) is 0. The third-order valence-corrected chi connectivity index (χ3v) is 4.96. The van der Waals surface area contributed by atoms with Crippen LogP contribution >= 0.6 is 0 Å². The van der Waals surface area contributed by atoms with Gasteiger partial charge in [-0.05, 0) is 36.4 Å². The Morgan fingerprint density at radius 1 is 0.871 bits per heavy atom. The summed E-state index contributed by atoms with van der Waals surface area (Å²) in [5, 5.41) is 8.62. The fourth-order valence-corrected chi connectivity index (χ4v) is 3.48. The highest BCUT2D eigenvalue weighted by Crippen LogP contribution is 2.25. The number of nitrogens with zero attached hydrogens (tertiary/aromatic N) is 7. The summed E-state index contributed by atoms with van der Waals surface area (Å²) in [4.78, 5) is 29.9. The zero-order valence-electron chi connectivity index (χ0n) is 16.0. The zero-order valence-corrected chi connectivity index (χ0v) is 16.0. The van der Waals surface area contributed by atoms with Gasteiger partial charge in [0.2, 0.25) is 5.95 Å². The first kappa shape index (κ1) is 17.2. The average molecular weight is 406 g/mol. The summed E-state index contributed by atoms with van der Waals surface area (Å²) in [6.45, 7) is 0. The van der Waals surface area contributed by atoms with E-state index in [1.807, 2.05) is 53.2 Å². The minimum absolute atomic E-state index is 0.296. The smallest absolute Gasteiger partial charge is 0.293 e. The van der Waals surface area contributed by atoms with E-state index in [0.717, 1.165) is 22.1 Å². The Morgan fingerprint density at radius 2 is 1.77 bits per heavy atom. The molecule has 0 aliphatic carbocycles. The predicted octanol–water partition coefficient (Wildman–Crippen LogP) is 3.09. The molecule has 0 saturated carbocycles. The van der Waals surface area contributed by atoms with Crippen LogP contribution in [0.3, 0.4) is 0 Å². The number of benzene rings is 1.